The van der Waals surface area contributed by atoms with Crippen LogP contribution in [0.1, 0.15) is 22.3 Å². The maximum Gasteiger partial charge on any atom is 0.228 e. The third-order valence-electron chi connectivity index (χ3n) is 6.45. The molecule has 0 amide bonds. The van der Waals surface area contributed by atoms with Gasteiger partial charge in [-0.15, -0.1) is 0 Å². The summed E-state index contributed by atoms with van der Waals surface area (Å²) in [4.78, 5) is 9.29. The first-order valence-electron chi connectivity index (χ1n) is 12.8. The van der Waals surface area contributed by atoms with Crippen molar-refractivity contribution in [2.45, 2.75) is 0 Å². The topological polar surface area (TPSA) is 52.1 Å². The van der Waals surface area contributed by atoms with Crippen molar-refractivity contribution in [2.75, 3.05) is 0 Å². The predicted octanol–water partition coefficient (Wildman–Crippen LogP) is 8.10. The summed E-state index contributed by atoms with van der Waals surface area (Å²) in [7, 11) is 0. The first-order chi connectivity index (χ1) is 19.8. The van der Waals surface area contributed by atoms with Crippen molar-refractivity contribution in [2.24, 2.45) is 0 Å². The molecule has 2 heterocycles. The fourth-order valence-electron chi connectivity index (χ4n) is 4.49. The van der Waals surface area contributed by atoms with E-state index in [9.17, 15) is 0 Å². The lowest BCUT2D eigenvalue weighted by molar-refractivity contribution is 0.619. The van der Waals surface area contributed by atoms with E-state index in [0.29, 0.717) is 11.8 Å². The SMILES string of the molecule is C(#Cc1ccccc1-c1nc2ccccc2o1)c1cccc(C#Cc2ccccc2-c2nc3ccccc3o2)c1. The second kappa shape index (κ2) is 10.1. The maximum atomic E-state index is 5.99. The van der Waals surface area contributed by atoms with Gasteiger partial charge in [-0.1, -0.05) is 78.3 Å². The van der Waals surface area contributed by atoms with Gasteiger partial charge in [0.05, 0.1) is 11.1 Å². The van der Waals surface area contributed by atoms with Gasteiger partial charge in [0.15, 0.2) is 11.2 Å². The number of fused-ring (bicyclic) bond motifs is 2. The van der Waals surface area contributed by atoms with Crippen LogP contribution in [0, 0.1) is 23.7 Å². The molecule has 0 bridgehead atoms. The number of hydrogen-bond donors (Lipinski definition) is 0. The smallest absolute Gasteiger partial charge is 0.228 e. The highest BCUT2D eigenvalue weighted by molar-refractivity contribution is 5.78. The van der Waals surface area contributed by atoms with Gasteiger partial charge in [-0.3, -0.25) is 0 Å². The minimum absolute atomic E-state index is 0.559. The number of rotatable bonds is 2. The Balaban J connectivity index is 1.19. The fraction of sp³-hybridized carbons (Fsp3) is 0. The summed E-state index contributed by atoms with van der Waals surface area (Å²) < 4.78 is 12.0. The largest absolute Gasteiger partial charge is 0.436 e. The number of para-hydroxylation sites is 4. The molecule has 186 valence electrons. The van der Waals surface area contributed by atoms with Crippen molar-refractivity contribution in [3.05, 3.63) is 144 Å². The average molecular weight is 513 g/mol. The minimum atomic E-state index is 0.559. The second-order valence-corrected chi connectivity index (χ2v) is 9.15. The minimum Gasteiger partial charge on any atom is -0.436 e. The van der Waals surface area contributed by atoms with Gasteiger partial charge in [-0.05, 0) is 66.7 Å². The molecule has 0 unspecified atom stereocenters. The summed E-state index contributed by atoms with van der Waals surface area (Å²) in [6.45, 7) is 0. The lowest BCUT2D eigenvalue weighted by Gasteiger charge is -2.00. The normalized spacial score (nSPS) is 10.6. The van der Waals surface area contributed by atoms with Gasteiger partial charge in [0.1, 0.15) is 11.0 Å². The highest BCUT2D eigenvalue weighted by Gasteiger charge is 2.12. The standard InChI is InChI=1S/C36H20N2O2/c1-3-14-29(35-37-31-16-5-7-18-33(31)39-35)27(12-1)22-20-25-10-9-11-26(24-25)21-23-28-13-2-4-15-30(28)36-38-32-17-6-8-19-34(32)40-36/h1-19,24H. The number of hydrogen-bond acceptors (Lipinski definition) is 4. The van der Waals surface area contributed by atoms with Crippen molar-refractivity contribution in [3.8, 4) is 46.6 Å². The molecular formula is C36H20N2O2. The Morgan fingerprint density at radius 3 is 1.38 bits per heavy atom. The molecule has 2 aromatic heterocycles. The van der Waals surface area contributed by atoms with E-state index in [1.807, 2.05) is 121 Å². The van der Waals surface area contributed by atoms with Crippen LogP contribution >= 0.6 is 0 Å². The molecule has 40 heavy (non-hydrogen) atoms. The van der Waals surface area contributed by atoms with Crippen LogP contribution in [0.25, 0.3) is 45.1 Å². The molecule has 0 saturated carbocycles. The van der Waals surface area contributed by atoms with Crippen LogP contribution < -0.4 is 0 Å². The summed E-state index contributed by atoms with van der Waals surface area (Å²) in [5, 5.41) is 0. The summed E-state index contributed by atoms with van der Waals surface area (Å²) >= 11 is 0. The average Bonchev–Trinajstić information content (AvgIpc) is 3.64. The molecule has 5 aromatic carbocycles. The highest BCUT2D eigenvalue weighted by Crippen LogP contribution is 2.28. The van der Waals surface area contributed by atoms with E-state index >= 15 is 0 Å². The highest BCUT2D eigenvalue weighted by atomic mass is 16.4. The molecule has 0 radical (unpaired) electrons. The van der Waals surface area contributed by atoms with Crippen molar-refractivity contribution >= 4 is 22.2 Å². The molecule has 4 heteroatoms. The zero-order valence-electron chi connectivity index (χ0n) is 21.3. The zero-order chi connectivity index (χ0) is 26.7. The lowest BCUT2D eigenvalue weighted by atomic mass is 10.1. The molecule has 0 spiro atoms. The molecule has 0 aliphatic heterocycles. The van der Waals surface area contributed by atoms with E-state index in [1.54, 1.807) is 0 Å². The van der Waals surface area contributed by atoms with Gasteiger partial charge in [0.25, 0.3) is 0 Å². The Labute approximate surface area is 231 Å². The Morgan fingerprint density at radius 2 is 0.875 bits per heavy atom. The van der Waals surface area contributed by atoms with E-state index in [4.69, 9.17) is 8.83 Å². The van der Waals surface area contributed by atoms with Crippen LogP contribution in [0.2, 0.25) is 0 Å². The van der Waals surface area contributed by atoms with Crippen LogP contribution in [0.15, 0.2) is 130 Å². The molecule has 0 saturated heterocycles. The Bertz CT molecular complexity index is 1930. The van der Waals surface area contributed by atoms with Crippen LogP contribution in [-0.4, -0.2) is 9.97 Å². The summed E-state index contributed by atoms with van der Waals surface area (Å²) in [5.74, 6) is 14.3. The van der Waals surface area contributed by atoms with E-state index in [0.717, 1.165) is 55.6 Å². The molecule has 4 nitrogen and oxygen atoms in total. The van der Waals surface area contributed by atoms with Crippen molar-refractivity contribution in [1.29, 1.82) is 0 Å². The molecule has 0 fully saturated rings. The second-order valence-electron chi connectivity index (χ2n) is 9.15. The molecule has 7 aromatic rings. The van der Waals surface area contributed by atoms with Gasteiger partial charge >= 0.3 is 0 Å². The molecule has 0 atom stereocenters. The van der Waals surface area contributed by atoms with E-state index in [2.05, 4.69) is 33.6 Å². The fourth-order valence-corrected chi connectivity index (χ4v) is 4.49. The summed E-state index contributed by atoms with van der Waals surface area (Å²) in [5.41, 5.74) is 8.30. The number of oxazole rings is 2. The van der Waals surface area contributed by atoms with Gasteiger partial charge in [-0.25, -0.2) is 9.97 Å². The van der Waals surface area contributed by atoms with Gasteiger partial charge in [0, 0.05) is 22.3 Å². The molecule has 0 N–H and O–H groups in total. The first kappa shape index (κ1) is 23.3. The molecule has 7 rings (SSSR count). The van der Waals surface area contributed by atoms with Crippen molar-refractivity contribution in [3.63, 3.8) is 0 Å². The number of aromatic nitrogens is 2. The lowest BCUT2D eigenvalue weighted by Crippen LogP contribution is -1.85. The van der Waals surface area contributed by atoms with E-state index in [-0.39, 0.29) is 0 Å². The van der Waals surface area contributed by atoms with Crippen molar-refractivity contribution in [1.82, 2.24) is 9.97 Å². The van der Waals surface area contributed by atoms with E-state index < -0.39 is 0 Å². The van der Waals surface area contributed by atoms with Crippen LogP contribution in [-0.2, 0) is 0 Å². The number of nitrogens with zero attached hydrogens (tertiary/aromatic N) is 2. The molecular weight excluding hydrogens is 492 g/mol. The molecule has 0 aliphatic carbocycles. The Morgan fingerprint density at radius 1 is 0.425 bits per heavy atom. The van der Waals surface area contributed by atoms with E-state index in [1.165, 1.54) is 0 Å². The zero-order valence-corrected chi connectivity index (χ0v) is 21.3. The van der Waals surface area contributed by atoms with Crippen LogP contribution in [0.4, 0.5) is 0 Å². The van der Waals surface area contributed by atoms with Crippen LogP contribution in [0.3, 0.4) is 0 Å². The third kappa shape index (κ3) is 4.63. The van der Waals surface area contributed by atoms with Gasteiger partial charge in [-0.2, -0.15) is 0 Å². The molecule has 0 aliphatic rings. The Kier molecular flexibility index (Phi) is 5.90. The van der Waals surface area contributed by atoms with Gasteiger partial charge < -0.3 is 8.83 Å². The summed E-state index contributed by atoms with van der Waals surface area (Å²) in [6.07, 6.45) is 0. The third-order valence-corrected chi connectivity index (χ3v) is 6.45. The quantitative estimate of drug-likeness (QED) is 0.220. The van der Waals surface area contributed by atoms with Crippen LogP contribution in [0.5, 0.6) is 0 Å². The summed E-state index contributed by atoms with van der Waals surface area (Å²) in [6, 6.07) is 39.2. The maximum absolute atomic E-state index is 5.99. The van der Waals surface area contributed by atoms with Gasteiger partial charge in [0.2, 0.25) is 11.8 Å². The predicted molar refractivity (Wildman–Crippen MR) is 157 cm³/mol. The first-order valence-corrected chi connectivity index (χ1v) is 12.8. The monoisotopic (exact) mass is 512 g/mol. The number of benzene rings is 5. The Hall–Kier alpha value is -5.84. The van der Waals surface area contributed by atoms with Crippen molar-refractivity contribution < 1.29 is 8.83 Å².